The van der Waals surface area contributed by atoms with Crippen molar-refractivity contribution in [3.05, 3.63) is 61.2 Å². The smallest absolute Gasteiger partial charge is 0.330 e. The van der Waals surface area contributed by atoms with E-state index in [-0.39, 0.29) is 24.5 Å². The highest BCUT2D eigenvalue weighted by atomic mass is 16.5. The van der Waals surface area contributed by atoms with Gasteiger partial charge in [0.2, 0.25) is 5.91 Å². The topological polar surface area (TPSA) is 55.4 Å². The number of benzene rings is 1. The van der Waals surface area contributed by atoms with Gasteiger partial charge in [-0.25, -0.2) is 4.79 Å². The first-order chi connectivity index (χ1) is 10.6. The maximum atomic E-state index is 12.1. The van der Waals surface area contributed by atoms with Crippen LogP contribution in [0.2, 0.25) is 0 Å². The maximum Gasteiger partial charge on any atom is 0.330 e. The Hall–Kier alpha value is -2.36. The van der Waals surface area contributed by atoms with Crippen LogP contribution in [0, 0.1) is 5.92 Å². The van der Waals surface area contributed by atoms with Gasteiger partial charge in [0.15, 0.2) is 0 Å². The van der Waals surface area contributed by atoms with Crippen molar-refractivity contribution < 1.29 is 14.3 Å². The summed E-state index contributed by atoms with van der Waals surface area (Å²) in [6.45, 7) is 8.96. The lowest BCUT2D eigenvalue weighted by Gasteiger charge is -2.20. The monoisotopic (exact) mass is 301 g/mol. The summed E-state index contributed by atoms with van der Waals surface area (Å²) in [6, 6.07) is 9.48. The molecule has 1 rings (SSSR count). The van der Waals surface area contributed by atoms with E-state index in [0.717, 1.165) is 11.6 Å². The van der Waals surface area contributed by atoms with Gasteiger partial charge in [-0.05, 0) is 18.4 Å². The van der Waals surface area contributed by atoms with Crippen LogP contribution in [0.4, 0.5) is 0 Å². The molecule has 0 fully saturated rings. The van der Waals surface area contributed by atoms with E-state index in [2.05, 4.69) is 18.5 Å². The molecule has 1 aromatic rings. The van der Waals surface area contributed by atoms with Gasteiger partial charge in [0.05, 0.1) is 6.04 Å². The minimum Gasteiger partial charge on any atom is -0.460 e. The number of hydrogen-bond acceptors (Lipinski definition) is 3. The number of allylic oxidation sites excluding steroid dienone is 1. The predicted octanol–water partition coefficient (Wildman–Crippen LogP) is 2.66. The molecule has 1 amide bonds. The number of carbonyl (C=O) groups is 2. The van der Waals surface area contributed by atoms with Crippen molar-refractivity contribution in [3.8, 4) is 0 Å². The number of amides is 1. The third-order valence-electron chi connectivity index (χ3n) is 3.23. The Morgan fingerprint density at radius 3 is 2.55 bits per heavy atom. The second kappa shape index (κ2) is 9.55. The first-order valence-electron chi connectivity index (χ1n) is 7.31. The van der Waals surface area contributed by atoms with Crippen molar-refractivity contribution in [2.24, 2.45) is 5.92 Å². The molecule has 0 aliphatic rings. The van der Waals surface area contributed by atoms with Gasteiger partial charge in [-0.15, -0.1) is 6.58 Å². The highest BCUT2D eigenvalue weighted by Gasteiger charge is 2.18. The van der Waals surface area contributed by atoms with Crippen molar-refractivity contribution in [2.75, 3.05) is 6.61 Å². The summed E-state index contributed by atoms with van der Waals surface area (Å²) in [5, 5.41) is 2.93. The van der Waals surface area contributed by atoms with E-state index in [1.54, 1.807) is 6.08 Å². The van der Waals surface area contributed by atoms with Gasteiger partial charge in [0.1, 0.15) is 6.61 Å². The number of esters is 1. The van der Waals surface area contributed by atoms with E-state index in [1.807, 2.05) is 37.3 Å². The van der Waals surface area contributed by atoms with E-state index >= 15 is 0 Å². The molecule has 0 saturated heterocycles. The Bertz CT molecular complexity index is 510. The molecule has 0 aliphatic heterocycles. The number of carbonyl (C=O) groups excluding carboxylic acids is 2. The zero-order valence-corrected chi connectivity index (χ0v) is 13.0. The van der Waals surface area contributed by atoms with Crippen LogP contribution in [0.3, 0.4) is 0 Å². The lowest BCUT2D eigenvalue weighted by atomic mass is 10.0. The zero-order valence-electron chi connectivity index (χ0n) is 13.0. The zero-order chi connectivity index (χ0) is 16.4. The van der Waals surface area contributed by atoms with Gasteiger partial charge >= 0.3 is 5.97 Å². The fraction of sp³-hybridized carbons (Fsp3) is 0.333. The fourth-order valence-corrected chi connectivity index (χ4v) is 1.99. The van der Waals surface area contributed by atoms with E-state index in [4.69, 9.17) is 4.74 Å². The van der Waals surface area contributed by atoms with Crippen LogP contribution in [0.1, 0.15) is 18.9 Å². The van der Waals surface area contributed by atoms with Crippen molar-refractivity contribution in [1.82, 2.24) is 5.32 Å². The molecule has 1 N–H and O–H groups in total. The van der Waals surface area contributed by atoms with Crippen LogP contribution in [0.25, 0.3) is 0 Å². The molecule has 2 atom stereocenters. The van der Waals surface area contributed by atoms with Crippen LogP contribution in [-0.4, -0.2) is 24.5 Å². The lowest BCUT2D eigenvalue weighted by molar-refractivity contribution is -0.139. The first-order valence-corrected chi connectivity index (χ1v) is 7.31. The molecule has 1 aromatic carbocycles. The molecule has 118 valence electrons. The van der Waals surface area contributed by atoms with Crippen molar-refractivity contribution in [2.45, 2.75) is 25.8 Å². The van der Waals surface area contributed by atoms with Crippen LogP contribution < -0.4 is 5.32 Å². The molecule has 0 saturated carbocycles. The minimum atomic E-state index is -0.494. The van der Waals surface area contributed by atoms with E-state index in [0.29, 0.717) is 12.8 Å². The molecular weight excluding hydrogens is 278 g/mol. The molecule has 0 aliphatic carbocycles. The molecule has 22 heavy (non-hydrogen) atoms. The minimum absolute atomic E-state index is 0.0736. The molecule has 4 nitrogen and oxygen atoms in total. The van der Waals surface area contributed by atoms with Crippen LogP contribution in [0.15, 0.2) is 55.6 Å². The Kier molecular flexibility index (Phi) is 7.68. The number of nitrogens with one attached hydrogen (secondary N) is 1. The Labute approximate surface area is 131 Å². The largest absolute Gasteiger partial charge is 0.460 e. The number of hydrogen-bond donors (Lipinski definition) is 1. The molecule has 0 aromatic heterocycles. The number of rotatable bonds is 9. The summed E-state index contributed by atoms with van der Waals surface area (Å²) in [5.74, 6) is -0.729. The van der Waals surface area contributed by atoms with Crippen molar-refractivity contribution in [3.63, 3.8) is 0 Å². The third-order valence-corrected chi connectivity index (χ3v) is 3.23. The molecular formula is C18H23NO3. The van der Waals surface area contributed by atoms with Gasteiger partial charge < -0.3 is 10.1 Å². The summed E-state index contributed by atoms with van der Waals surface area (Å²) in [7, 11) is 0. The Morgan fingerprint density at radius 1 is 1.27 bits per heavy atom. The summed E-state index contributed by atoms with van der Waals surface area (Å²) in [4.78, 5) is 23.4. The molecule has 0 bridgehead atoms. The van der Waals surface area contributed by atoms with Gasteiger partial charge in [0.25, 0.3) is 0 Å². The van der Waals surface area contributed by atoms with Gasteiger partial charge in [0, 0.05) is 12.0 Å². The summed E-state index contributed by atoms with van der Waals surface area (Å²) >= 11 is 0. The quantitative estimate of drug-likeness (QED) is 0.433. The molecule has 0 heterocycles. The summed E-state index contributed by atoms with van der Waals surface area (Å²) in [6.07, 6.45) is 4.03. The first kappa shape index (κ1) is 17.7. The standard InChI is InChI=1S/C18H23NO3/c1-4-9-14(3)18(21)19-16(13-22-17(20)5-2)12-15-10-7-6-8-11-15/h4-8,10-11,14,16H,1-2,9,12-13H2,3H3,(H,19,21)/t14-,16+/m1/s1. The normalized spacial score (nSPS) is 12.8. The second-order valence-electron chi connectivity index (χ2n) is 5.15. The predicted molar refractivity (Wildman–Crippen MR) is 87.2 cm³/mol. The van der Waals surface area contributed by atoms with Gasteiger partial charge in [-0.3, -0.25) is 4.79 Å². The summed E-state index contributed by atoms with van der Waals surface area (Å²) in [5.41, 5.74) is 1.07. The van der Waals surface area contributed by atoms with Crippen LogP contribution in [-0.2, 0) is 20.7 Å². The third kappa shape index (κ3) is 6.39. The van der Waals surface area contributed by atoms with Crippen LogP contribution >= 0.6 is 0 Å². The summed E-state index contributed by atoms with van der Waals surface area (Å²) < 4.78 is 5.07. The van der Waals surface area contributed by atoms with E-state index in [9.17, 15) is 9.59 Å². The van der Waals surface area contributed by atoms with Crippen molar-refractivity contribution >= 4 is 11.9 Å². The molecule has 0 unspecified atom stereocenters. The van der Waals surface area contributed by atoms with Gasteiger partial charge in [-0.1, -0.05) is 49.9 Å². The van der Waals surface area contributed by atoms with E-state index < -0.39 is 5.97 Å². The second-order valence-corrected chi connectivity index (χ2v) is 5.15. The lowest BCUT2D eigenvalue weighted by Crippen LogP contribution is -2.42. The number of ether oxygens (including phenoxy) is 1. The van der Waals surface area contributed by atoms with Gasteiger partial charge in [-0.2, -0.15) is 0 Å². The highest BCUT2D eigenvalue weighted by Crippen LogP contribution is 2.07. The average Bonchev–Trinajstić information content (AvgIpc) is 2.53. The van der Waals surface area contributed by atoms with Crippen LogP contribution in [0.5, 0.6) is 0 Å². The molecule has 0 radical (unpaired) electrons. The van der Waals surface area contributed by atoms with Crippen molar-refractivity contribution in [1.29, 1.82) is 0 Å². The fourth-order valence-electron chi connectivity index (χ4n) is 1.99. The molecule has 0 spiro atoms. The van der Waals surface area contributed by atoms with E-state index in [1.165, 1.54) is 0 Å². The SMILES string of the molecule is C=CC[C@@H](C)C(=O)N[C@H](COC(=O)C=C)Cc1ccccc1. The average molecular weight is 301 g/mol. The Morgan fingerprint density at radius 2 is 1.95 bits per heavy atom. The highest BCUT2D eigenvalue weighted by molar-refractivity contribution is 5.81. The molecule has 4 heteroatoms. The Balaban J connectivity index is 2.68. The maximum absolute atomic E-state index is 12.1.